The summed E-state index contributed by atoms with van der Waals surface area (Å²) < 4.78 is 15.9. The Balaban J connectivity index is 0.00000288. The standard InChI is InChI=1S/C17H27N3O3.HI/c1-18-17(20-8-7-14(11-20)12-21-2)19-10-13-5-6-15(22-3)16(9-13)23-4;/h5-6,9,14H,7-8,10-12H2,1-4H3,(H,18,19);1H. The number of hydrogen-bond donors (Lipinski definition) is 1. The van der Waals surface area contributed by atoms with Gasteiger partial charge in [-0.1, -0.05) is 6.07 Å². The highest BCUT2D eigenvalue weighted by atomic mass is 127. The van der Waals surface area contributed by atoms with Crippen LogP contribution in [0, 0.1) is 5.92 Å². The van der Waals surface area contributed by atoms with Crippen molar-refractivity contribution in [2.75, 3.05) is 48.1 Å². The normalized spacial score (nSPS) is 17.4. The molecule has 1 aromatic rings. The number of rotatable bonds is 6. The van der Waals surface area contributed by atoms with E-state index in [1.807, 2.05) is 25.2 Å². The monoisotopic (exact) mass is 449 g/mol. The predicted molar refractivity (Wildman–Crippen MR) is 107 cm³/mol. The highest BCUT2D eigenvalue weighted by molar-refractivity contribution is 14.0. The van der Waals surface area contributed by atoms with Gasteiger partial charge < -0.3 is 24.4 Å². The van der Waals surface area contributed by atoms with Gasteiger partial charge in [0.2, 0.25) is 0 Å². The Hall–Kier alpha value is -1.22. The molecule has 24 heavy (non-hydrogen) atoms. The number of aliphatic imine (C=N–C) groups is 1. The first kappa shape index (κ1) is 20.8. The number of ether oxygens (including phenoxy) is 3. The van der Waals surface area contributed by atoms with Crippen LogP contribution in [0.3, 0.4) is 0 Å². The fourth-order valence-corrected chi connectivity index (χ4v) is 2.90. The molecule has 0 spiro atoms. The van der Waals surface area contributed by atoms with Crippen molar-refractivity contribution in [1.29, 1.82) is 0 Å². The molecule has 1 fully saturated rings. The van der Waals surface area contributed by atoms with Gasteiger partial charge in [-0.2, -0.15) is 0 Å². The quantitative estimate of drug-likeness (QED) is 0.411. The molecular weight excluding hydrogens is 421 g/mol. The molecule has 0 saturated carbocycles. The van der Waals surface area contributed by atoms with E-state index in [1.165, 1.54) is 0 Å². The van der Waals surface area contributed by atoms with Crippen molar-refractivity contribution in [1.82, 2.24) is 10.2 Å². The lowest BCUT2D eigenvalue weighted by atomic mass is 10.1. The topological polar surface area (TPSA) is 55.3 Å². The summed E-state index contributed by atoms with van der Waals surface area (Å²) >= 11 is 0. The molecule has 2 rings (SSSR count). The van der Waals surface area contributed by atoms with E-state index in [9.17, 15) is 0 Å². The number of nitrogens with one attached hydrogen (secondary N) is 1. The average molecular weight is 449 g/mol. The van der Waals surface area contributed by atoms with Crippen LogP contribution in [0.5, 0.6) is 11.5 Å². The Morgan fingerprint density at radius 2 is 2.00 bits per heavy atom. The summed E-state index contributed by atoms with van der Waals surface area (Å²) in [6.07, 6.45) is 1.14. The van der Waals surface area contributed by atoms with Gasteiger partial charge in [0.15, 0.2) is 17.5 Å². The number of nitrogens with zero attached hydrogens (tertiary/aromatic N) is 2. The van der Waals surface area contributed by atoms with Crippen molar-refractivity contribution >= 4 is 29.9 Å². The summed E-state index contributed by atoms with van der Waals surface area (Å²) in [5.41, 5.74) is 1.12. The molecule has 7 heteroatoms. The SMILES string of the molecule is CN=C(NCc1ccc(OC)c(OC)c1)N1CCC(COC)C1.I. The zero-order valence-corrected chi connectivity index (χ0v) is 17.2. The van der Waals surface area contributed by atoms with Crippen molar-refractivity contribution < 1.29 is 14.2 Å². The number of guanidine groups is 1. The molecule has 1 saturated heterocycles. The lowest BCUT2D eigenvalue weighted by molar-refractivity contribution is 0.157. The Morgan fingerprint density at radius 1 is 1.25 bits per heavy atom. The first-order valence-corrected chi connectivity index (χ1v) is 7.87. The summed E-state index contributed by atoms with van der Waals surface area (Å²) in [5.74, 6) is 2.99. The van der Waals surface area contributed by atoms with Gasteiger partial charge in [-0.3, -0.25) is 4.99 Å². The van der Waals surface area contributed by atoms with Crippen molar-refractivity contribution in [2.45, 2.75) is 13.0 Å². The summed E-state index contributed by atoms with van der Waals surface area (Å²) in [6.45, 7) is 3.50. The second kappa shape index (κ2) is 10.6. The van der Waals surface area contributed by atoms with Crippen LogP contribution in [0.4, 0.5) is 0 Å². The lowest BCUT2D eigenvalue weighted by Crippen LogP contribution is -2.39. The third kappa shape index (κ3) is 5.41. The van der Waals surface area contributed by atoms with Crippen LogP contribution in [0.15, 0.2) is 23.2 Å². The zero-order chi connectivity index (χ0) is 16.7. The molecular formula is C17H28IN3O3. The summed E-state index contributed by atoms with van der Waals surface area (Å²) in [6, 6.07) is 5.93. The zero-order valence-electron chi connectivity index (χ0n) is 14.9. The minimum atomic E-state index is 0. The largest absolute Gasteiger partial charge is 0.493 e. The smallest absolute Gasteiger partial charge is 0.193 e. The molecule has 0 amide bonds. The molecule has 0 aliphatic carbocycles. The van der Waals surface area contributed by atoms with E-state index in [1.54, 1.807) is 21.3 Å². The van der Waals surface area contributed by atoms with Crippen LogP contribution in [-0.2, 0) is 11.3 Å². The molecule has 1 aliphatic heterocycles. The molecule has 1 aliphatic rings. The maximum atomic E-state index is 5.34. The van der Waals surface area contributed by atoms with Gasteiger partial charge in [-0.15, -0.1) is 24.0 Å². The van der Waals surface area contributed by atoms with Gasteiger partial charge in [0.1, 0.15) is 0 Å². The molecule has 1 heterocycles. The van der Waals surface area contributed by atoms with Gasteiger partial charge >= 0.3 is 0 Å². The highest BCUT2D eigenvalue weighted by Gasteiger charge is 2.24. The number of methoxy groups -OCH3 is 3. The molecule has 6 nitrogen and oxygen atoms in total. The van der Waals surface area contributed by atoms with Gasteiger partial charge in [0.25, 0.3) is 0 Å². The van der Waals surface area contributed by atoms with E-state index < -0.39 is 0 Å². The number of benzene rings is 1. The van der Waals surface area contributed by atoms with Crippen LogP contribution in [0.1, 0.15) is 12.0 Å². The minimum absolute atomic E-state index is 0. The maximum Gasteiger partial charge on any atom is 0.193 e. The van der Waals surface area contributed by atoms with Gasteiger partial charge in [0, 0.05) is 39.7 Å². The highest BCUT2D eigenvalue weighted by Crippen LogP contribution is 2.27. The van der Waals surface area contributed by atoms with Gasteiger partial charge in [-0.05, 0) is 24.1 Å². The molecule has 1 atom stereocenters. The van der Waals surface area contributed by atoms with Gasteiger partial charge in [0.05, 0.1) is 20.8 Å². The van der Waals surface area contributed by atoms with E-state index in [4.69, 9.17) is 14.2 Å². The van der Waals surface area contributed by atoms with Crippen LogP contribution in [0.25, 0.3) is 0 Å². The van der Waals surface area contributed by atoms with E-state index in [0.717, 1.165) is 49.1 Å². The van der Waals surface area contributed by atoms with Crippen molar-refractivity contribution in [3.8, 4) is 11.5 Å². The van der Waals surface area contributed by atoms with Crippen LogP contribution in [-0.4, -0.2) is 58.9 Å². The summed E-state index contributed by atoms with van der Waals surface area (Å²) in [4.78, 5) is 6.67. The first-order chi connectivity index (χ1) is 11.2. The Morgan fingerprint density at radius 3 is 2.62 bits per heavy atom. The number of likely N-dealkylation sites (tertiary alicyclic amines) is 1. The molecule has 0 radical (unpaired) electrons. The predicted octanol–water partition coefficient (Wildman–Crippen LogP) is 2.37. The number of hydrogen-bond acceptors (Lipinski definition) is 4. The summed E-state index contributed by atoms with van der Waals surface area (Å²) in [5, 5.41) is 3.42. The van der Waals surface area contributed by atoms with E-state index >= 15 is 0 Å². The Labute approximate surface area is 161 Å². The third-order valence-electron chi connectivity index (χ3n) is 4.10. The molecule has 1 unspecified atom stereocenters. The van der Waals surface area contributed by atoms with E-state index in [2.05, 4.69) is 15.2 Å². The maximum absolute atomic E-state index is 5.34. The second-order valence-corrected chi connectivity index (χ2v) is 5.65. The fraction of sp³-hybridized carbons (Fsp3) is 0.588. The Bertz CT molecular complexity index is 540. The molecule has 1 aromatic carbocycles. The first-order valence-electron chi connectivity index (χ1n) is 7.87. The molecule has 1 N–H and O–H groups in total. The lowest BCUT2D eigenvalue weighted by Gasteiger charge is -2.22. The fourth-order valence-electron chi connectivity index (χ4n) is 2.90. The molecule has 0 bridgehead atoms. The third-order valence-corrected chi connectivity index (χ3v) is 4.10. The number of halogens is 1. The van der Waals surface area contributed by atoms with Gasteiger partial charge in [-0.25, -0.2) is 0 Å². The van der Waals surface area contributed by atoms with Crippen LogP contribution < -0.4 is 14.8 Å². The Kier molecular flexibility index (Phi) is 9.20. The molecule has 0 aromatic heterocycles. The average Bonchev–Trinajstić information content (AvgIpc) is 3.04. The van der Waals surface area contributed by atoms with Crippen molar-refractivity contribution in [3.05, 3.63) is 23.8 Å². The second-order valence-electron chi connectivity index (χ2n) is 5.65. The van der Waals surface area contributed by atoms with E-state index in [0.29, 0.717) is 12.5 Å². The van der Waals surface area contributed by atoms with Crippen LogP contribution in [0.2, 0.25) is 0 Å². The van der Waals surface area contributed by atoms with Crippen molar-refractivity contribution in [3.63, 3.8) is 0 Å². The van der Waals surface area contributed by atoms with Crippen LogP contribution >= 0.6 is 24.0 Å². The van der Waals surface area contributed by atoms with E-state index in [-0.39, 0.29) is 24.0 Å². The summed E-state index contributed by atoms with van der Waals surface area (Å²) in [7, 11) is 6.86. The molecule has 136 valence electrons. The van der Waals surface area contributed by atoms with Crippen molar-refractivity contribution in [2.24, 2.45) is 10.9 Å². The minimum Gasteiger partial charge on any atom is -0.493 e.